The van der Waals surface area contributed by atoms with Gasteiger partial charge < -0.3 is 0 Å². The van der Waals surface area contributed by atoms with Gasteiger partial charge in [-0.25, -0.2) is 4.68 Å². The molecular weight excluding hydrogens is 248 g/mol. The summed E-state index contributed by atoms with van der Waals surface area (Å²) in [4.78, 5) is 12.7. The Hall–Kier alpha value is -1.90. The van der Waals surface area contributed by atoms with Gasteiger partial charge in [0.05, 0.1) is 11.9 Å². The van der Waals surface area contributed by atoms with Crippen molar-refractivity contribution in [2.24, 2.45) is 11.8 Å². The zero-order valence-electron chi connectivity index (χ0n) is 11.8. The molecule has 0 unspecified atom stereocenters. The van der Waals surface area contributed by atoms with Crippen molar-refractivity contribution in [2.45, 2.75) is 32.6 Å². The zero-order chi connectivity index (χ0) is 13.9. The van der Waals surface area contributed by atoms with Crippen molar-refractivity contribution in [3.63, 3.8) is 0 Å². The number of Topliss-reactive ketones (excluding diaryl/α,β-unsaturated/α-hetero) is 1. The highest BCUT2D eigenvalue weighted by atomic mass is 16.1. The van der Waals surface area contributed by atoms with Crippen LogP contribution in [0.1, 0.15) is 43.1 Å². The van der Waals surface area contributed by atoms with E-state index in [-0.39, 0.29) is 11.7 Å². The molecule has 2 aromatic rings. The van der Waals surface area contributed by atoms with E-state index in [9.17, 15) is 4.79 Å². The predicted octanol–water partition coefficient (Wildman–Crippen LogP) is 3.88. The maximum Gasteiger partial charge on any atom is 0.184 e. The summed E-state index contributed by atoms with van der Waals surface area (Å²) in [6.07, 6.45) is 6.07. The van der Waals surface area contributed by atoms with Gasteiger partial charge in [-0.15, -0.1) is 0 Å². The fourth-order valence-corrected chi connectivity index (χ4v) is 3.00. The molecule has 3 heteroatoms. The Morgan fingerprint density at radius 3 is 2.50 bits per heavy atom. The topological polar surface area (TPSA) is 34.9 Å². The number of ketones is 1. The van der Waals surface area contributed by atoms with Crippen LogP contribution in [-0.2, 0) is 0 Å². The molecular formula is C17H20N2O. The van der Waals surface area contributed by atoms with Gasteiger partial charge >= 0.3 is 0 Å². The summed E-state index contributed by atoms with van der Waals surface area (Å²) >= 11 is 0. The summed E-state index contributed by atoms with van der Waals surface area (Å²) in [6.45, 7) is 2.27. The molecule has 1 aliphatic rings. The van der Waals surface area contributed by atoms with E-state index >= 15 is 0 Å². The van der Waals surface area contributed by atoms with E-state index < -0.39 is 0 Å². The first-order chi connectivity index (χ1) is 9.75. The molecule has 0 N–H and O–H groups in total. The quantitative estimate of drug-likeness (QED) is 0.792. The maximum absolute atomic E-state index is 12.7. The van der Waals surface area contributed by atoms with Crippen molar-refractivity contribution in [3.8, 4) is 5.69 Å². The second kappa shape index (κ2) is 5.61. The SMILES string of the molecule is CC1CCC(C(=O)c2ccnn2-c2ccccc2)CC1. The van der Waals surface area contributed by atoms with Crippen LogP contribution in [0.15, 0.2) is 42.6 Å². The van der Waals surface area contributed by atoms with E-state index in [1.165, 1.54) is 0 Å². The molecule has 3 nitrogen and oxygen atoms in total. The lowest BCUT2D eigenvalue weighted by molar-refractivity contribution is 0.0867. The van der Waals surface area contributed by atoms with Gasteiger partial charge in [0.15, 0.2) is 5.78 Å². The third-order valence-corrected chi connectivity index (χ3v) is 4.28. The van der Waals surface area contributed by atoms with Gasteiger partial charge in [-0.1, -0.05) is 38.0 Å². The third kappa shape index (κ3) is 2.53. The van der Waals surface area contributed by atoms with Gasteiger partial charge in [0.25, 0.3) is 0 Å². The lowest BCUT2D eigenvalue weighted by atomic mass is 9.80. The summed E-state index contributed by atoms with van der Waals surface area (Å²) < 4.78 is 1.76. The van der Waals surface area contributed by atoms with Crippen LogP contribution in [0.3, 0.4) is 0 Å². The van der Waals surface area contributed by atoms with Gasteiger partial charge in [-0.2, -0.15) is 5.10 Å². The summed E-state index contributed by atoms with van der Waals surface area (Å²) in [5.41, 5.74) is 1.67. The molecule has 1 saturated carbocycles. The molecule has 0 amide bonds. The van der Waals surface area contributed by atoms with Crippen LogP contribution in [0.2, 0.25) is 0 Å². The average Bonchev–Trinajstić information content (AvgIpc) is 2.97. The van der Waals surface area contributed by atoms with Crippen molar-refractivity contribution >= 4 is 5.78 Å². The molecule has 3 rings (SSSR count). The molecule has 1 aliphatic carbocycles. The average molecular weight is 268 g/mol. The van der Waals surface area contributed by atoms with Crippen molar-refractivity contribution < 1.29 is 4.79 Å². The molecule has 0 bridgehead atoms. The molecule has 1 aromatic carbocycles. The molecule has 1 heterocycles. The second-order valence-corrected chi connectivity index (χ2v) is 5.78. The van der Waals surface area contributed by atoms with Crippen LogP contribution in [0.5, 0.6) is 0 Å². The molecule has 20 heavy (non-hydrogen) atoms. The summed E-state index contributed by atoms with van der Waals surface area (Å²) in [7, 11) is 0. The minimum absolute atomic E-state index is 0.172. The number of hydrogen-bond acceptors (Lipinski definition) is 2. The monoisotopic (exact) mass is 268 g/mol. The van der Waals surface area contributed by atoms with Crippen LogP contribution in [0.25, 0.3) is 5.69 Å². The van der Waals surface area contributed by atoms with E-state index in [4.69, 9.17) is 0 Å². The first-order valence-electron chi connectivity index (χ1n) is 7.39. The Morgan fingerprint density at radius 1 is 1.10 bits per heavy atom. The van der Waals surface area contributed by atoms with E-state index in [1.54, 1.807) is 10.9 Å². The number of nitrogens with zero attached hydrogens (tertiary/aromatic N) is 2. The molecule has 104 valence electrons. The number of carbonyl (C=O) groups excluding carboxylic acids is 1. The first kappa shape index (κ1) is 13.1. The van der Waals surface area contributed by atoms with Gasteiger partial charge in [-0.05, 0) is 37.0 Å². The standard InChI is InChI=1S/C17H20N2O/c1-13-7-9-14(10-8-13)17(20)16-11-12-18-19(16)15-5-3-2-4-6-15/h2-6,11-14H,7-10H2,1H3. The van der Waals surface area contributed by atoms with E-state index in [0.717, 1.165) is 43.0 Å². The first-order valence-corrected chi connectivity index (χ1v) is 7.39. The van der Waals surface area contributed by atoms with E-state index in [1.807, 2.05) is 36.4 Å². The van der Waals surface area contributed by atoms with Crippen LogP contribution in [0, 0.1) is 11.8 Å². The van der Waals surface area contributed by atoms with Gasteiger partial charge in [0.1, 0.15) is 5.69 Å². The Labute approximate surface area is 119 Å². The Bertz CT molecular complexity index is 580. The number of carbonyl (C=O) groups is 1. The fourth-order valence-electron chi connectivity index (χ4n) is 3.00. The minimum atomic E-state index is 0.172. The number of para-hydroxylation sites is 1. The van der Waals surface area contributed by atoms with Crippen LogP contribution in [0.4, 0.5) is 0 Å². The number of benzene rings is 1. The minimum Gasteiger partial charge on any atom is -0.292 e. The summed E-state index contributed by atoms with van der Waals surface area (Å²) in [5.74, 6) is 1.18. The number of rotatable bonds is 3. The van der Waals surface area contributed by atoms with Gasteiger partial charge in [0.2, 0.25) is 0 Å². The third-order valence-electron chi connectivity index (χ3n) is 4.28. The Kier molecular flexibility index (Phi) is 3.68. The van der Waals surface area contributed by atoms with Crippen LogP contribution >= 0.6 is 0 Å². The lowest BCUT2D eigenvalue weighted by Gasteiger charge is -2.25. The largest absolute Gasteiger partial charge is 0.292 e. The summed E-state index contributed by atoms with van der Waals surface area (Å²) in [5, 5.41) is 4.31. The van der Waals surface area contributed by atoms with Crippen molar-refractivity contribution in [1.82, 2.24) is 9.78 Å². The highest BCUT2D eigenvalue weighted by molar-refractivity contribution is 5.96. The molecule has 0 saturated heterocycles. The Morgan fingerprint density at radius 2 is 1.80 bits per heavy atom. The molecule has 0 spiro atoms. The summed E-state index contributed by atoms with van der Waals surface area (Å²) in [6, 6.07) is 11.7. The number of aromatic nitrogens is 2. The van der Waals surface area contributed by atoms with Gasteiger partial charge in [-0.3, -0.25) is 4.79 Å². The molecule has 1 aromatic heterocycles. The molecule has 1 fully saturated rings. The molecule has 0 atom stereocenters. The second-order valence-electron chi connectivity index (χ2n) is 5.78. The van der Waals surface area contributed by atoms with Crippen molar-refractivity contribution in [3.05, 3.63) is 48.3 Å². The zero-order valence-corrected chi connectivity index (χ0v) is 11.8. The molecule has 0 radical (unpaired) electrons. The maximum atomic E-state index is 12.7. The highest BCUT2D eigenvalue weighted by Gasteiger charge is 2.27. The van der Waals surface area contributed by atoms with Crippen LogP contribution < -0.4 is 0 Å². The molecule has 0 aliphatic heterocycles. The normalized spacial score (nSPS) is 22.6. The highest BCUT2D eigenvalue weighted by Crippen LogP contribution is 2.30. The fraction of sp³-hybridized carbons (Fsp3) is 0.412. The van der Waals surface area contributed by atoms with Gasteiger partial charge in [0, 0.05) is 5.92 Å². The van der Waals surface area contributed by atoms with E-state index in [2.05, 4.69) is 12.0 Å². The van der Waals surface area contributed by atoms with E-state index in [0.29, 0.717) is 0 Å². The lowest BCUT2D eigenvalue weighted by Crippen LogP contribution is -2.23. The van der Waals surface area contributed by atoms with Crippen molar-refractivity contribution in [1.29, 1.82) is 0 Å². The van der Waals surface area contributed by atoms with Crippen LogP contribution in [-0.4, -0.2) is 15.6 Å². The smallest absolute Gasteiger partial charge is 0.184 e. The Balaban J connectivity index is 1.85. The van der Waals surface area contributed by atoms with Crippen molar-refractivity contribution in [2.75, 3.05) is 0 Å². The predicted molar refractivity (Wildman–Crippen MR) is 79.0 cm³/mol. The number of hydrogen-bond donors (Lipinski definition) is 0.